The molecule has 1 unspecified atom stereocenters. The lowest BCUT2D eigenvalue weighted by Crippen LogP contribution is -2.28. The smallest absolute Gasteiger partial charge is 0.306 e. The lowest BCUT2D eigenvalue weighted by Gasteiger charge is -2.20. The van der Waals surface area contributed by atoms with E-state index in [2.05, 4.69) is 40.3 Å². The monoisotopic (exact) mass is 672 g/mol. The van der Waals surface area contributed by atoms with Crippen molar-refractivity contribution in [3.63, 3.8) is 0 Å². The Bertz CT molecular complexity index is 1720. The van der Waals surface area contributed by atoms with Crippen molar-refractivity contribution in [1.82, 2.24) is 5.32 Å². The van der Waals surface area contributed by atoms with Gasteiger partial charge >= 0.3 is 5.97 Å². The number of nitrogens with one attached hydrogen (secondary N) is 1. The van der Waals surface area contributed by atoms with Gasteiger partial charge in [0.25, 0.3) is 0 Å². The summed E-state index contributed by atoms with van der Waals surface area (Å²) in [6.07, 6.45) is -1.37. The molecule has 0 amide bonds. The Kier molecular flexibility index (Phi) is 10.6. The second-order valence-corrected chi connectivity index (χ2v) is 11.5. The number of aliphatic carboxylic acids is 1. The fraction of sp³-hybridized carbons (Fsp3) is 0.257. The van der Waals surface area contributed by atoms with Crippen LogP contribution < -0.4 is 24.3 Å². The van der Waals surface area contributed by atoms with Crippen LogP contribution in [0.1, 0.15) is 34.2 Å². The summed E-state index contributed by atoms with van der Waals surface area (Å²) < 4.78 is 24.7. The van der Waals surface area contributed by atoms with Crippen molar-refractivity contribution < 1.29 is 34.0 Å². The first-order valence-corrected chi connectivity index (χ1v) is 15.3. The molecule has 0 saturated carbocycles. The number of rotatable bonds is 13. The van der Waals surface area contributed by atoms with Crippen LogP contribution in [0.15, 0.2) is 77.3 Å². The van der Waals surface area contributed by atoms with Crippen molar-refractivity contribution in [2.75, 3.05) is 19.8 Å². The van der Waals surface area contributed by atoms with E-state index in [1.165, 1.54) is 0 Å². The fourth-order valence-electron chi connectivity index (χ4n) is 5.02. The van der Waals surface area contributed by atoms with Crippen LogP contribution in [0, 0.1) is 18.3 Å². The van der Waals surface area contributed by atoms with E-state index in [1.54, 1.807) is 18.2 Å². The summed E-state index contributed by atoms with van der Waals surface area (Å²) in [5, 5.41) is 31.3. The molecule has 0 bridgehead atoms. The van der Waals surface area contributed by atoms with E-state index in [-0.39, 0.29) is 19.6 Å². The summed E-state index contributed by atoms with van der Waals surface area (Å²) in [5.41, 5.74) is 6.36. The number of hydrogen-bond donors (Lipinski definition) is 3. The van der Waals surface area contributed by atoms with E-state index < -0.39 is 12.1 Å². The molecular formula is C35H33BrN2O7. The molecule has 0 aliphatic carbocycles. The Morgan fingerprint density at radius 3 is 2.56 bits per heavy atom. The van der Waals surface area contributed by atoms with Crippen molar-refractivity contribution in [1.29, 1.82) is 5.26 Å². The second kappa shape index (κ2) is 14.9. The third-order valence-corrected chi connectivity index (χ3v) is 7.97. The number of hydrogen-bond acceptors (Lipinski definition) is 8. The number of aliphatic hydroxyl groups excluding tert-OH is 1. The third-order valence-electron chi connectivity index (χ3n) is 7.35. The van der Waals surface area contributed by atoms with Gasteiger partial charge in [-0.2, -0.15) is 5.26 Å². The zero-order valence-electron chi connectivity index (χ0n) is 24.7. The average Bonchev–Trinajstić information content (AvgIpc) is 3.04. The molecule has 0 spiro atoms. The number of benzene rings is 4. The van der Waals surface area contributed by atoms with Gasteiger partial charge in [-0.1, -0.05) is 36.4 Å². The molecule has 232 valence electrons. The number of nitrogens with zero attached hydrogens (tertiary/aromatic N) is 1. The fourth-order valence-corrected chi connectivity index (χ4v) is 5.52. The van der Waals surface area contributed by atoms with Gasteiger partial charge in [0.1, 0.15) is 37.9 Å². The van der Waals surface area contributed by atoms with Gasteiger partial charge in [0, 0.05) is 24.7 Å². The molecule has 1 heterocycles. The molecule has 1 aliphatic rings. The first-order chi connectivity index (χ1) is 21.8. The Morgan fingerprint density at radius 1 is 0.978 bits per heavy atom. The Morgan fingerprint density at radius 2 is 1.76 bits per heavy atom. The highest BCUT2D eigenvalue weighted by molar-refractivity contribution is 9.10. The van der Waals surface area contributed by atoms with Gasteiger partial charge in [-0.15, -0.1) is 0 Å². The highest BCUT2D eigenvalue weighted by Crippen LogP contribution is 2.37. The maximum Gasteiger partial charge on any atom is 0.306 e. The minimum absolute atomic E-state index is 0.102. The van der Waals surface area contributed by atoms with Gasteiger partial charge in [-0.05, 0) is 81.0 Å². The first-order valence-electron chi connectivity index (χ1n) is 14.5. The van der Waals surface area contributed by atoms with Gasteiger partial charge in [0.05, 0.1) is 28.6 Å². The average molecular weight is 674 g/mol. The van der Waals surface area contributed by atoms with Crippen LogP contribution in [0.5, 0.6) is 23.0 Å². The number of carboxylic acids is 1. The molecule has 3 N–H and O–H groups in total. The summed E-state index contributed by atoms with van der Waals surface area (Å²) in [6.45, 7) is 4.09. The lowest BCUT2D eigenvalue weighted by atomic mass is 9.96. The van der Waals surface area contributed by atoms with Crippen molar-refractivity contribution >= 4 is 21.9 Å². The van der Waals surface area contributed by atoms with E-state index in [0.29, 0.717) is 47.9 Å². The molecule has 4 aromatic rings. The normalized spacial score (nSPS) is 12.7. The molecule has 1 atom stereocenters. The molecule has 0 aromatic heterocycles. The Balaban J connectivity index is 1.34. The standard InChI is InChI=1S/C35H33BrN2O7/c1-22-26(6-3-7-29(22)25-8-9-31-34(14-25)43-11-10-42-31)21-45-33-16-32(44-20-24-5-2-4-23(12-24)17-37)27(13-30(33)36)18-38-19-28(39)15-35(40)41/h2-9,12-14,16,28,38-39H,10-11,15,18-21H2,1H3,(H,40,41). The van der Waals surface area contributed by atoms with E-state index in [0.717, 1.165) is 44.9 Å². The van der Waals surface area contributed by atoms with Crippen molar-refractivity contribution in [2.24, 2.45) is 0 Å². The van der Waals surface area contributed by atoms with Crippen molar-refractivity contribution in [3.05, 3.63) is 105 Å². The minimum atomic E-state index is -1.07. The number of carbonyl (C=O) groups is 1. The van der Waals surface area contributed by atoms with E-state index in [4.69, 9.17) is 24.1 Å². The Hall–Kier alpha value is -4.56. The summed E-state index contributed by atoms with van der Waals surface area (Å²) >= 11 is 3.63. The van der Waals surface area contributed by atoms with Crippen LogP contribution in [0.25, 0.3) is 11.1 Å². The molecule has 1 aliphatic heterocycles. The molecule has 10 heteroatoms. The van der Waals surface area contributed by atoms with Crippen LogP contribution in [-0.4, -0.2) is 42.0 Å². The summed E-state index contributed by atoms with van der Waals surface area (Å²) in [4.78, 5) is 10.9. The second-order valence-electron chi connectivity index (χ2n) is 10.6. The van der Waals surface area contributed by atoms with E-state index >= 15 is 0 Å². The molecule has 0 saturated heterocycles. The largest absolute Gasteiger partial charge is 0.488 e. The van der Waals surface area contributed by atoms with Crippen LogP contribution in [0.3, 0.4) is 0 Å². The van der Waals surface area contributed by atoms with Gasteiger partial charge in [0.15, 0.2) is 11.5 Å². The van der Waals surface area contributed by atoms with Crippen LogP contribution in [0.4, 0.5) is 0 Å². The summed E-state index contributed by atoms with van der Waals surface area (Å²) in [6, 6.07) is 25.1. The highest BCUT2D eigenvalue weighted by Gasteiger charge is 2.17. The molecule has 5 rings (SSSR count). The predicted octanol–water partition coefficient (Wildman–Crippen LogP) is 6.15. The maximum absolute atomic E-state index is 10.9. The number of aliphatic hydroxyl groups is 1. The molecule has 4 aromatic carbocycles. The molecular weight excluding hydrogens is 640 g/mol. The van der Waals surface area contributed by atoms with Gasteiger partial charge in [0.2, 0.25) is 0 Å². The summed E-state index contributed by atoms with van der Waals surface area (Å²) in [7, 11) is 0. The summed E-state index contributed by atoms with van der Waals surface area (Å²) in [5.74, 6) is 1.55. The van der Waals surface area contributed by atoms with E-state index in [1.807, 2.05) is 48.5 Å². The number of fused-ring (bicyclic) bond motifs is 1. The number of nitriles is 1. The first kappa shape index (κ1) is 31.9. The zero-order chi connectivity index (χ0) is 31.8. The van der Waals surface area contributed by atoms with Crippen LogP contribution >= 0.6 is 15.9 Å². The van der Waals surface area contributed by atoms with Gasteiger partial charge < -0.3 is 34.5 Å². The number of carboxylic acid groups (broad SMARTS) is 1. The maximum atomic E-state index is 10.9. The SMILES string of the molecule is Cc1c(COc2cc(OCc3cccc(C#N)c3)c(CNCC(O)CC(=O)O)cc2Br)cccc1-c1ccc2c(c1)OCCO2. The highest BCUT2D eigenvalue weighted by atomic mass is 79.9. The van der Waals surface area contributed by atoms with Crippen LogP contribution in [0.2, 0.25) is 0 Å². The predicted molar refractivity (Wildman–Crippen MR) is 172 cm³/mol. The topological polar surface area (TPSA) is 130 Å². The number of halogens is 1. The van der Waals surface area contributed by atoms with Crippen LogP contribution in [-0.2, 0) is 24.6 Å². The van der Waals surface area contributed by atoms with Gasteiger partial charge in [-0.3, -0.25) is 4.79 Å². The quantitative estimate of drug-likeness (QED) is 0.153. The molecule has 45 heavy (non-hydrogen) atoms. The minimum Gasteiger partial charge on any atom is -0.488 e. The molecule has 0 radical (unpaired) electrons. The van der Waals surface area contributed by atoms with Crippen molar-refractivity contribution in [3.8, 4) is 40.2 Å². The van der Waals surface area contributed by atoms with Gasteiger partial charge in [-0.25, -0.2) is 0 Å². The molecule has 0 fully saturated rings. The molecule has 9 nitrogen and oxygen atoms in total. The number of ether oxygens (including phenoxy) is 4. The Labute approximate surface area is 270 Å². The third kappa shape index (κ3) is 8.34. The zero-order valence-corrected chi connectivity index (χ0v) is 26.3. The lowest BCUT2D eigenvalue weighted by molar-refractivity contribution is -0.139. The van der Waals surface area contributed by atoms with E-state index in [9.17, 15) is 15.2 Å². The van der Waals surface area contributed by atoms with Crippen molar-refractivity contribution in [2.45, 2.75) is 39.2 Å².